The van der Waals surface area contributed by atoms with E-state index >= 15 is 0 Å². The van der Waals surface area contributed by atoms with Crippen LogP contribution in [0, 0.1) is 11.8 Å². The Morgan fingerprint density at radius 3 is 2.34 bits per heavy atom. The molecule has 0 aliphatic carbocycles. The third-order valence-corrected chi connectivity index (χ3v) is 7.67. The van der Waals surface area contributed by atoms with Gasteiger partial charge in [0.2, 0.25) is 21.7 Å². The highest BCUT2D eigenvalue weighted by Gasteiger charge is 2.31. The third-order valence-electron chi connectivity index (χ3n) is 5.90. The summed E-state index contributed by atoms with van der Waals surface area (Å²) in [6, 6.07) is 13.6. The standard InChI is InChI=1S/C27H25F2N3O5S/c1-16(2)37-15-24-31-26(33)25(27(34)32(24)17(3)18-7-5-4-6-8-18)38(35,36)20-10-11-21(22(28)13-20)19-9-12-23(29)30-14-19/h4-14,16-17,33H,15H2,1-3H3/t17-/m0/s1. The fraction of sp³-hybridized carbons (Fsp3) is 0.222. The van der Waals surface area contributed by atoms with Gasteiger partial charge in [0.1, 0.15) is 18.2 Å². The van der Waals surface area contributed by atoms with Crippen LogP contribution in [0.2, 0.25) is 0 Å². The Bertz CT molecular complexity index is 1620. The molecule has 1 atom stereocenters. The smallest absolute Gasteiger partial charge is 0.277 e. The third kappa shape index (κ3) is 5.34. The van der Waals surface area contributed by atoms with Crippen molar-refractivity contribution in [1.29, 1.82) is 0 Å². The van der Waals surface area contributed by atoms with E-state index in [0.29, 0.717) is 5.56 Å². The van der Waals surface area contributed by atoms with Gasteiger partial charge in [-0.05, 0) is 50.6 Å². The van der Waals surface area contributed by atoms with Crippen molar-refractivity contribution in [3.8, 4) is 17.0 Å². The van der Waals surface area contributed by atoms with Gasteiger partial charge in [-0.2, -0.15) is 9.37 Å². The van der Waals surface area contributed by atoms with Crippen LogP contribution < -0.4 is 5.56 Å². The van der Waals surface area contributed by atoms with Crippen LogP contribution in [0.15, 0.2) is 81.4 Å². The maximum atomic E-state index is 15.0. The summed E-state index contributed by atoms with van der Waals surface area (Å²) < 4.78 is 62.0. The van der Waals surface area contributed by atoms with E-state index in [9.17, 15) is 27.1 Å². The average Bonchev–Trinajstić information content (AvgIpc) is 2.88. The molecule has 0 bridgehead atoms. The van der Waals surface area contributed by atoms with Crippen LogP contribution in [0.5, 0.6) is 5.88 Å². The van der Waals surface area contributed by atoms with Crippen LogP contribution in [0.25, 0.3) is 11.1 Å². The molecule has 0 fully saturated rings. The number of ether oxygens (including phenoxy) is 1. The summed E-state index contributed by atoms with van der Waals surface area (Å²) in [6.07, 6.45) is 0.884. The lowest BCUT2D eigenvalue weighted by Crippen LogP contribution is -2.33. The Morgan fingerprint density at radius 1 is 1.03 bits per heavy atom. The van der Waals surface area contributed by atoms with Crippen LogP contribution in [-0.4, -0.2) is 34.2 Å². The molecular weight excluding hydrogens is 516 g/mol. The molecule has 0 aliphatic rings. The fourth-order valence-corrected chi connectivity index (χ4v) is 5.31. The zero-order valence-electron chi connectivity index (χ0n) is 20.8. The first kappa shape index (κ1) is 27.1. The van der Waals surface area contributed by atoms with Gasteiger partial charge >= 0.3 is 0 Å². The van der Waals surface area contributed by atoms with Gasteiger partial charge in [-0.25, -0.2) is 17.8 Å². The zero-order chi connectivity index (χ0) is 27.6. The maximum absolute atomic E-state index is 15.0. The Balaban J connectivity index is 1.86. The molecule has 4 aromatic rings. The minimum atomic E-state index is -4.72. The molecule has 0 aliphatic heterocycles. The predicted molar refractivity (Wildman–Crippen MR) is 135 cm³/mol. The van der Waals surface area contributed by atoms with Crippen molar-refractivity contribution < 1.29 is 27.0 Å². The molecule has 38 heavy (non-hydrogen) atoms. The van der Waals surface area contributed by atoms with Gasteiger partial charge in [0.05, 0.1) is 17.0 Å². The second-order valence-electron chi connectivity index (χ2n) is 8.82. The van der Waals surface area contributed by atoms with Gasteiger partial charge in [-0.1, -0.05) is 36.4 Å². The minimum Gasteiger partial charge on any atom is -0.492 e. The second kappa shape index (κ2) is 10.8. The lowest BCUT2D eigenvalue weighted by molar-refractivity contribution is 0.0575. The lowest BCUT2D eigenvalue weighted by Gasteiger charge is -2.21. The number of halogens is 2. The van der Waals surface area contributed by atoms with Crippen LogP contribution in [0.1, 0.15) is 38.2 Å². The van der Waals surface area contributed by atoms with Crippen molar-refractivity contribution in [2.75, 3.05) is 0 Å². The Kier molecular flexibility index (Phi) is 7.70. The number of sulfone groups is 1. The predicted octanol–water partition coefficient (Wildman–Crippen LogP) is 4.66. The second-order valence-corrected chi connectivity index (χ2v) is 10.7. The van der Waals surface area contributed by atoms with E-state index in [-0.39, 0.29) is 29.7 Å². The summed E-state index contributed by atoms with van der Waals surface area (Å²) in [5.74, 6) is -2.67. The van der Waals surface area contributed by atoms with Gasteiger partial charge < -0.3 is 9.84 Å². The first-order valence-electron chi connectivity index (χ1n) is 11.7. The Morgan fingerprint density at radius 2 is 1.74 bits per heavy atom. The number of benzene rings is 2. The zero-order valence-corrected chi connectivity index (χ0v) is 21.6. The number of rotatable bonds is 8. The summed E-state index contributed by atoms with van der Waals surface area (Å²) in [5, 5.41) is 10.6. The number of aromatic hydroxyl groups is 1. The summed E-state index contributed by atoms with van der Waals surface area (Å²) in [5.41, 5.74) is -0.121. The first-order valence-corrected chi connectivity index (χ1v) is 13.2. The lowest BCUT2D eigenvalue weighted by atomic mass is 10.1. The molecule has 0 saturated heterocycles. The summed E-state index contributed by atoms with van der Waals surface area (Å²) in [6.45, 7) is 5.09. The maximum Gasteiger partial charge on any atom is 0.277 e. The fourth-order valence-electron chi connectivity index (χ4n) is 3.96. The van der Waals surface area contributed by atoms with Gasteiger partial charge in [0.15, 0.2) is 4.90 Å². The highest BCUT2D eigenvalue weighted by atomic mass is 32.2. The largest absolute Gasteiger partial charge is 0.492 e. The first-order chi connectivity index (χ1) is 18.0. The highest BCUT2D eigenvalue weighted by Crippen LogP contribution is 2.30. The van der Waals surface area contributed by atoms with Crippen molar-refractivity contribution in [3.63, 3.8) is 0 Å². The monoisotopic (exact) mass is 541 g/mol. The number of hydrogen-bond acceptors (Lipinski definition) is 7. The number of nitrogens with zero attached hydrogens (tertiary/aromatic N) is 3. The molecule has 0 spiro atoms. The van der Waals surface area contributed by atoms with Gasteiger partial charge in [-0.15, -0.1) is 0 Å². The van der Waals surface area contributed by atoms with Crippen LogP contribution in [0.4, 0.5) is 8.78 Å². The Labute approximate surface area is 218 Å². The topological polar surface area (TPSA) is 111 Å². The number of hydrogen-bond donors (Lipinski definition) is 1. The highest BCUT2D eigenvalue weighted by molar-refractivity contribution is 7.91. The summed E-state index contributed by atoms with van der Waals surface area (Å²) >= 11 is 0. The molecule has 0 radical (unpaired) electrons. The Hall–Kier alpha value is -3.96. The molecule has 2 aromatic heterocycles. The van der Waals surface area contributed by atoms with E-state index in [4.69, 9.17) is 4.74 Å². The van der Waals surface area contributed by atoms with Crippen molar-refractivity contribution in [1.82, 2.24) is 14.5 Å². The van der Waals surface area contributed by atoms with E-state index in [1.165, 1.54) is 12.1 Å². The van der Waals surface area contributed by atoms with Crippen molar-refractivity contribution >= 4 is 9.84 Å². The van der Waals surface area contributed by atoms with E-state index in [2.05, 4.69) is 9.97 Å². The SMILES string of the molecule is CC(C)OCc1nc(O)c(S(=O)(=O)c2ccc(-c3ccc(F)nc3)c(F)c2)c(=O)n1[C@@H](C)c1ccccc1. The van der Waals surface area contributed by atoms with Gasteiger partial charge in [0, 0.05) is 17.3 Å². The summed E-state index contributed by atoms with van der Waals surface area (Å²) in [4.78, 5) is 19.6. The minimum absolute atomic E-state index is 0.0184. The molecule has 4 rings (SSSR count). The molecule has 8 nitrogen and oxygen atoms in total. The van der Waals surface area contributed by atoms with E-state index < -0.39 is 48.9 Å². The molecule has 0 saturated carbocycles. The molecular formula is C27H25F2N3O5S. The quantitative estimate of drug-likeness (QED) is 0.323. The van der Waals surface area contributed by atoms with Crippen molar-refractivity contribution in [3.05, 3.63) is 100 Å². The molecule has 0 unspecified atom stereocenters. The van der Waals surface area contributed by atoms with E-state index in [1.54, 1.807) is 51.1 Å². The van der Waals surface area contributed by atoms with Gasteiger partial charge in [-0.3, -0.25) is 9.36 Å². The number of pyridine rings is 1. The molecule has 11 heteroatoms. The molecule has 0 amide bonds. The number of aromatic nitrogens is 3. The van der Waals surface area contributed by atoms with Crippen LogP contribution >= 0.6 is 0 Å². The van der Waals surface area contributed by atoms with Crippen molar-refractivity contribution in [2.24, 2.45) is 0 Å². The molecule has 1 N–H and O–H groups in total. The van der Waals surface area contributed by atoms with E-state index in [1.807, 2.05) is 0 Å². The van der Waals surface area contributed by atoms with E-state index in [0.717, 1.165) is 29.0 Å². The molecule has 2 heterocycles. The normalized spacial score (nSPS) is 12.6. The van der Waals surface area contributed by atoms with Crippen LogP contribution in [0.3, 0.4) is 0 Å². The average molecular weight is 542 g/mol. The summed E-state index contributed by atoms with van der Waals surface area (Å²) in [7, 11) is -4.72. The molecule has 198 valence electrons. The molecule has 2 aromatic carbocycles. The van der Waals surface area contributed by atoms with Gasteiger partial charge in [0.25, 0.3) is 5.56 Å². The van der Waals surface area contributed by atoms with Crippen molar-refractivity contribution in [2.45, 2.75) is 49.3 Å². The van der Waals surface area contributed by atoms with Crippen LogP contribution in [-0.2, 0) is 21.2 Å².